The van der Waals surface area contributed by atoms with Gasteiger partial charge in [-0.2, -0.15) is 0 Å². The summed E-state index contributed by atoms with van der Waals surface area (Å²) in [6.07, 6.45) is 0.174. The second kappa shape index (κ2) is 6.21. The molecule has 3 nitrogen and oxygen atoms in total. The van der Waals surface area contributed by atoms with Crippen LogP contribution >= 0.6 is 11.6 Å². The lowest BCUT2D eigenvalue weighted by atomic mass is 10.2. The average Bonchev–Trinajstić information content (AvgIpc) is 2.30. The quantitative estimate of drug-likeness (QED) is 0.873. The first-order valence-corrected chi connectivity index (χ1v) is 5.87. The summed E-state index contributed by atoms with van der Waals surface area (Å²) in [4.78, 5) is 0. The maximum Gasteiger partial charge on any atom is 0.0933 e. The van der Waals surface area contributed by atoms with Crippen molar-refractivity contribution in [3.8, 4) is 0 Å². The number of benzene rings is 1. The number of halogens is 1. The molecule has 1 N–H and O–H groups in total. The first-order valence-electron chi connectivity index (χ1n) is 5.49. The highest BCUT2D eigenvalue weighted by molar-refractivity contribution is 6.30. The molecule has 0 amide bonds. The van der Waals surface area contributed by atoms with Crippen LogP contribution in [0, 0.1) is 0 Å². The van der Waals surface area contributed by atoms with Crippen LogP contribution in [-0.4, -0.2) is 32.4 Å². The Kier molecular flexibility index (Phi) is 4.60. The lowest BCUT2D eigenvalue weighted by Crippen LogP contribution is -2.40. The van der Waals surface area contributed by atoms with Crippen molar-refractivity contribution in [2.75, 3.05) is 26.3 Å². The Balaban J connectivity index is 1.71. The summed E-state index contributed by atoms with van der Waals surface area (Å²) in [6.45, 7) is 3.78. The summed E-state index contributed by atoms with van der Waals surface area (Å²) in [5.41, 5.74) is 1.09. The van der Waals surface area contributed by atoms with Crippen molar-refractivity contribution in [1.29, 1.82) is 0 Å². The van der Waals surface area contributed by atoms with E-state index < -0.39 is 0 Å². The van der Waals surface area contributed by atoms with Gasteiger partial charge in [-0.1, -0.05) is 23.7 Å². The monoisotopic (exact) mass is 241 g/mol. The van der Waals surface area contributed by atoms with E-state index >= 15 is 0 Å². The average molecular weight is 242 g/mol. The Morgan fingerprint density at radius 2 is 2.44 bits per heavy atom. The zero-order chi connectivity index (χ0) is 11.2. The van der Waals surface area contributed by atoms with Crippen LogP contribution in [0.5, 0.6) is 0 Å². The molecule has 1 saturated heterocycles. The molecule has 1 aromatic rings. The van der Waals surface area contributed by atoms with E-state index in [1.165, 1.54) is 0 Å². The van der Waals surface area contributed by atoms with Gasteiger partial charge in [-0.25, -0.2) is 0 Å². The van der Waals surface area contributed by atoms with E-state index in [-0.39, 0.29) is 6.10 Å². The van der Waals surface area contributed by atoms with E-state index in [9.17, 15) is 0 Å². The fraction of sp³-hybridized carbons (Fsp3) is 0.500. The maximum atomic E-state index is 5.88. The third-order valence-electron chi connectivity index (χ3n) is 2.47. The van der Waals surface area contributed by atoms with Crippen LogP contribution < -0.4 is 5.32 Å². The summed E-state index contributed by atoms with van der Waals surface area (Å²) < 4.78 is 11.1. The van der Waals surface area contributed by atoms with Crippen molar-refractivity contribution < 1.29 is 9.47 Å². The van der Waals surface area contributed by atoms with Gasteiger partial charge in [-0.15, -0.1) is 0 Å². The second-order valence-electron chi connectivity index (χ2n) is 3.84. The second-order valence-corrected chi connectivity index (χ2v) is 4.28. The van der Waals surface area contributed by atoms with E-state index in [4.69, 9.17) is 21.1 Å². The van der Waals surface area contributed by atoms with Gasteiger partial charge in [0.15, 0.2) is 0 Å². The highest BCUT2D eigenvalue weighted by Gasteiger charge is 2.12. The molecule has 16 heavy (non-hydrogen) atoms. The third kappa shape index (κ3) is 3.76. The molecule has 1 heterocycles. The lowest BCUT2D eigenvalue weighted by Gasteiger charge is -2.23. The SMILES string of the molecule is Clc1cccc(COCC2CNCCO2)c1. The van der Waals surface area contributed by atoms with Gasteiger partial charge in [0, 0.05) is 18.1 Å². The van der Waals surface area contributed by atoms with Gasteiger partial charge < -0.3 is 14.8 Å². The Bertz CT molecular complexity index is 327. The van der Waals surface area contributed by atoms with Gasteiger partial charge in [0.05, 0.1) is 25.9 Å². The highest BCUT2D eigenvalue weighted by atomic mass is 35.5. The normalized spacial score (nSPS) is 20.9. The van der Waals surface area contributed by atoms with E-state index in [0.29, 0.717) is 13.2 Å². The predicted octanol–water partition coefficient (Wildman–Crippen LogP) is 1.84. The minimum atomic E-state index is 0.174. The van der Waals surface area contributed by atoms with Gasteiger partial charge in [0.2, 0.25) is 0 Å². The Labute approximate surface area is 101 Å². The fourth-order valence-electron chi connectivity index (χ4n) is 1.66. The van der Waals surface area contributed by atoms with Gasteiger partial charge in [-0.05, 0) is 17.7 Å². The molecular weight excluding hydrogens is 226 g/mol. The van der Waals surface area contributed by atoms with Crippen LogP contribution in [0.1, 0.15) is 5.56 Å². The summed E-state index contributed by atoms with van der Waals surface area (Å²) in [6, 6.07) is 7.71. The molecule has 1 fully saturated rings. The molecule has 0 aliphatic carbocycles. The van der Waals surface area contributed by atoms with Crippen molar-refractivity contribution in [3.05, 3.63) is 34.9 Å². The topological polar surface area (TPSA) is 30.5 Å². The van der Waals surface area contributed by atoms with Crippen molar-refractivity contribution >= 4 is 11.6 Å². The minimum Gasteiger partial charge on any atom is -0.374 e. The van der Waals surface area contributed by atoms with E-state index in [2.05, 4.69) is 5.32 Å². The molecule has 1 aliphatic heterocycles. The summed E-state index contributed by atoms with van der Waals surface area (Å²) in [5.74, 6) is 0. The van der Waals surface area contributed by atoms with Crippen molar-refractivity contribution in [3.63, 3.8) is 0 Å². The number of nitrogens with one attached hydrogen (secondary N) is 1. The molecule has 2 rings (SSSR count). The van der Waals surface area contributed by atoms with Gasteiger partial charge >= 0.3 is 0 Å². The molecule has 1 atom stereocenters. The maximum absolute atomic E-state index is 5.88. The van der Waals surface area contributed by atoms with Gasteiger partial charge in [0.1, 0.15) is 0 Å². The van der Waals surface area contributed by atoms with Crippen molar-refractivity contribution in [2.24, 2.45) is 0 Å². The van der Waals surface area contributed by atoms with Crippen molar-refractivity contribution in [1.82, 2.24) is 5.32 Å². The van der Waals surface area contributed by atoms with Crippen LogP contribution in [0.15, 0.2) is 24.3 Å². The smallest absolute Gasteiger partial charge is 0.0933 e. The zero-order valence-corrected chi connectivity index (χ0v) is 9.87. The number of ether oxygens (including phenoxy) is 2. The lowest BCUT2D eigenvalue weighted by molar-refractivity contribution is -0.0357. The van der Waals surface area contributed by atoms with Crippen LogP contribution in [-0.2, 0) is 16.1 Å². The summed E-state index contributed by atoms with van der Waals surface area (Å²) in [7, 11) is 0. The molecule has 0 saturated carbocycles. The molecule has 88 valence electrons. The molecule has 0 spiro atoms. The predicted molar refractivity (Wildman–Crippen MR) is 63.7 cm³/mol. The molecule has 1 aliphatic rings. The van der Waals surface area contributed by atoms with Crippen LogP contribution in [0.3, 0.4) is 0 Å². The molecule has 0 bridgehead atoms. The molecular formula is C12H16ClNO2. The minimum absolute atomic E-state index is 0.174. The molecule has 0 radical (unpaired) electrons. The largest absolute Gasteiger partial charge is 0.374 e. The van der Waals surface area contributed by atoms with E-state index in [1.54, 1.807) is 0 Å². The molecule has 4 heteroatoms. The number of morpholine rings is 1. The van der Waals surface area contributed by atoms with Crippen LogP contribution in [0.4, 0.5) is 0 Å². The number of hydrogen-bond acceptors (Lipinski definition) is 3. The highest BCUT2D eigenvalue weighted by Crippen LogP contribution is 2.11. The first-order chi connectivity index (χ1) is 7.84. The number of hydrogen-bond donors (Lipinski definition) is 1. The first kappa shape index (κ1) is 11.9. The number of rotatable bonds is 4. The van der Waals surface area contributed by atoms with E-state index in [0.717, 1.165) is 30.3 Å². The molecule has 1 aromatic carbocycles. The Morgan fingerprint density at radius 3 is 3.19 bits per heavy atom. The van der Waals surface area contributed by atoms with Crippen molar-refractivity contribution in [2.45, 2.75) is 12.7 Å². The third-order valence-corrected chi connectivity index (χ3v) is 2.70. The summed E-state index contributed by atoms with van der Waals surface area (Å²) in [5, 5.41) is 4.01. The van der Waals surface area contributed by atoms with E-state index in [1.807, 2.05) is 24.3 Å². The Morgan fingerprint density at radius 1 is 1.50 bits per heavy atom. The molecule has 0 aromatic heterocycles. The van der Waals surface area contributed by atoms with Gasteiger partial charge in [0.25, 0.3) is 0 Å². The van der Waals surface area contributed by atoms with Crippen LogP contribution in [0.25, 0.3) is 0 Å². The van der Waals surface area contributed by atoms with Gasteiger partial charge in [-0.3, -0.25) is 0 Å². The van der Waals surface area contributed by atoms with Crippen LogP contribution in [0.2, 0.25) is 5.02 Å². The molecule has 1 unspecified atom stereocenters. The standard InChI is InChI=1S/C12H16ClNO2/c13-11-3-1-2-10(6-11)8-15-9-12-7-14-4-5-16-12/h1-3,6,12,14H,4-5,7-9H2. The summed E-state index contributed by atoms with van der Waals surface area (Å²) >= 11 is 5.88. The fourth-order valence-corrected chi connectivity index (χ4v) is 1.87. The Hall–Kier alpha value is -0.610. The zero-order valence-electron chi connectivity index (χ0n) is 9.12.